The first-order valence-electron chi connectivity index (χ1n) is 9.41. The van der Waals surface area contributed by atoms with Crippen LogP contribution in [-0.2, 0) is 0 Å². The third-order valence-corrected chi connectivity index (χ3v) is 5.41. The van der Waals surface area contributed by atoms with Crippen molar-refractivity contribution >= 4 is 41.4 Å². The molecule has 158 valence electrons. The van der Waals surface area contributed by atoms with E-state index >= 15 is 0 Å². The number of aromatic nitrogens is 4. The van der Waals surface area contributed by atoms with Crippen LogP contribution in [-0.4, -0.2) is 32.7 Å². The van der Waals surface area contributed by atoms with Gasteiger partial charge in [0.25, 0.3) is 0 Å². The Bertz CT molecular complexity index is 1210. The highest BCUT2D eigenvalue weighted by molar-refractivity contribution is 5.85. The summed E-state index contributed by atoms with van der Waals surface area (Å²) in [6, 6.07) is 6.52. The van der Waals surface area contributed by atoms with Crippen molar-refractivity contribution in [2.75, 3.05) is 13.1 Å². The number of hydrogen-bond donors (Lipinski definition) is 1. The van der Waals surface area contributed by atoms with E-state index in [1.807, 2.05) is 6.07 Å². The third kappa shape index (κ3) is 3.97. The van der Waals surface area contributed by atoms with Crippen LogP contribution in [0.25, 0.3) is 27.8 Å². The summed E-state index contributed by atoms with van der Waals surface area (Å²) in [5.74, 6) is -0.431. The highest BCUT2D eigenvalue weighted by Gasteiger charge is 2.18. The summed E-state index contributed by atoms with van der Waals surface area (Å²) in [7, 11) is 0. The predicted molar refractivity (Wildman–Crippen MR) is 118 cm³/mol. The van der Waals surface area contributed by atoms with Gasteiger partial charge >= 0.3 is 0 Å². The molecule has 1 N–H and O–H groups in total. The van der Waals surface area contributed by atoms with E-state index in [0.717, 1.165) is 37.2 Å². The minimum absolute atomic E-state index is 0. The number of rotatable bonds is 2. The Morgan fingerprint density at radius 1 is 0.967 bits per heavy atom. The van der Waals surface area contributed by atoms with Gasteiger partial charge in [-0.25, -0.2) is 13.8 Å². The van der Waals surface area contributed by atoms with E-state index in [0.29, 0.717) is 28.1 Å². The smallest absolute Gasteiger partial charge is 0.173 e. The predicted octanol–water partition coefficient (Wildman–Crippen LogP) is 4.84. The van der Waals surface area contributed by atoms with E-state index in [1.54, 1.807) is 35.9 Å². The van der Waals surface area contributed by atoms with Gasteiger partial charge in [0, 0.05) is 23.3 Å². The first-order chi connectivity index (χ1) is 13.6. The maximum absolute atomic E-state index is 14.9. The molecule has 0 bridgehead atoms. The molecule has 3 aromatic heterocycles. The normalized spacial score (nSPS) is 14.5. The quantitative estimate of drug-likeness (QED) is 0.473. The molecule has 0 aliphatic carbocycles. The van der Waals surface area contributed by atoms with Gasteiger partial charge in [0.2, 0.25) is 0 Å². The molecule has 0 saturated carbocycles. The average molecular weight is 452 g/mol. The summed E-state index contributed by atoms with van der Waals surface area (Å²) in [4.78, 5) is 4.15. The molecule has 0 amide bonds. The van der Waals surface area contributed by atoms with Crippen LogP contribution in [0.15, 0.2) is 36.7 Å². The van der Waals surface area contributed by atoms with Crippen molar-refractivity contribution in [3.63, 3.8) is 0 Å². The van der Waals surface area contributed by atoms with Gasteiger partial charge in [-0.3, -0.25) is 0 Å². The average Bonchev–Trinajstić information content (AvgIpc) is 3.09. The summed E-state index contributed by atoms with van der Waals surface area (Å²) >= 11 is 0. The Morgan fingerprint density at radius 2 is 1.73 bits per heavy atom. The summed E-state index contributed by atoms with van der Waals surface area (Å²) in [5.41, 5.74) is 3.42. The van der Waals surface area contributed by atoms with Crippen molar-refractivity contribution in [2.45, 2.75) is 25.7 Å². The second-order valence-corrected chi connectivity index (χ2v) is 7.38. The Balaban J connectivity index is 0.00000128. The van der Waals surface area contributed by atoms with Gasteiger partial charge in [-0.1, -0.05) is 0 Å². The molecule has 4 aromatic rings. The molecule has 0 unspecified atom stereocenters. The number of pyridine rings is 1. The fourth-order valence-electron chi connectivity index (χ4n) is 3.97. The zero-order chi connectivity index (χ0) is 19.3. The van der Waals surface area contributed by atoms with Crippen molar-refractivity contribution in [1.82, 2.24) is 24.9 Å². The summed E-state index contributed by atoms with van der Waals surface area (Å²) in [5, 5.41) is 12.2. The van der Waals surface area contributed by atoms with Crippen molar-refractivity contribution in [3.05, 3.63) is 59.6 Å². The van der Waals surface area contributed by atoms with Crippen LogP contribution in [0.1, 0.15) is 30.0 Å². The zero-order valence-corrected chi connectivity index (χ0v) is 17.9. The van der Waals surface area contributed by atoms with E-state index in [-0.39, 0.29) is 36.3 Å². The number of hydrogen-bond acceptors (Lipinski definition) is 4. The van der Waals surface area contributed by atoms with Gasteiger partial charge in [0.15, 0.2) is 11.5 Å². The van der Waals surface area contributed by atoms with Crippen LogP contribution in [0.5, 0.6) is 0 Å². The first kappa shape index (κ1) is 22.3. The van der Waals surface area contributed by atoms with Gasteiger partial charge in [0.05, 0.1) is 16.9 Å². The Kier molecular flexibility index (Phi) is 6.55. The molecule has 5 nitrogen and oxygen atoms in total. The van der Waals surface area contributed by atoms with E-state index < -0.39 is 5.82 Å². The number of imidazole rings is 1. The van der Waals surface area contributed by atoms with Crippen LogP contribution in [0.2, 0.25) is 0 Å². The van der Waals surface area contributed by atoms with Gasteiger partial charge < -0.3 is 9.72 Å². The van der Waals surface area contributed by atoms with E-state index in [1.165, 1.54) is 6.07 Å². The lowest BCUT2D eigenvalue weighted by Crippen LogP contribution is -2.26. The Morgan fingerprint density at radius 3 is 2.50 bits per heavy atom. The topological polar surface area (TPSA) is 55.1 Å². The van der Waals surface area contributed by atoms with E-state index in [2.05, 4.69) is 20.5 Å². The maximum atomic E-state index is 14.9. The van der Waals surface area contributed by atoms with Crippen LogP contribution in [0, 0.1) is 18.6 Å². The lowest BCUT2D eigenvalue weighted by molar-refractivity contribution is 0.459. The lowest BCUT2D eigenvalue weighted by atomic mass is 9.89. The SMILES string of the molecule is Cc1cn2cc(-c3cc4c(F)cc(C5CCNCC5)cc4nn3)cc(F)c2n1.Cl.Cl. The monoisotopic (exact) mass is 451 g/mol. The molecule has 0 radical (unpaired) electrons. The molecule has 9 heteroatoms. The number of fused-ring (bicyclic) bond motifs is 2. The Labute approximate surface area is 184 Å². The van der Waals surface area contributed by atoms with Crippen molar-refractivity contribution in [1.29, 1.82) is 0 Å². The molecule has 0 atom stereocenters. The standard InChI is InChI=1S/C21H19F2N5.2ClH/c1-12-10-28-11-15(7-18(23)21(28)25-12)19-9-16-17(22)6-14(8-20(16)27-26-19)13-2-4-24-5-3-13;;/h6-11,13,24H,2-5H2,1H3;2*1H. The van der Waals surface area contributed by atoms with Gasteiger partial charge in [0.1, 0.15) is 5.82 Å². The molecule has 1 fully saturated rings. The number of aryl methyl sites for hydroxylation is 1. The van der Waals surface area contributed by atoms with Crippen LogP contribution >= 0.6 is 24.8 Å². The van der Waals surface area contributed by atoms with Crippen molar-refractivity contribution in [3.8, 4) is 11.3 Å². The van der Waals surface area contributed by atoms with Crippen LogP contribution < -0.4 is 5.32 Å². The molecule has 1 aliphatic heterocycles. The Hall–Kier alpha value is -2.35. The van der Waals surface area contributed by atoms with Crippen LogP contribution in [0.3, 0.4) is 0 Å². The van der Waals surface area contributed by atoms with E-state index in [4.69, 9.17) is 0 Å². The molecule has 5 rings (SSSR count). The van der Waals surface area contributed by atoms with Gasteiger partial charge in [-0.05, 0) is 68.6 Å². The fourth-order valence-corrected chi connectivity index (χ4v) is 3.97. The molecular weight excluding hydrogens is 431 g/mol. The third-order valence-electron chi connectivity index (χ3n) is 5.41. The second kappa shape index (κ2) is 8.79. The molecule has 0 spiro atoms. The van der Waals surface area contributed by atoms with Crippen LogP contribution in [0.4, 0.5) is 8.78 Å². The minimum Gasteiger partial charge on any atom is -0.317 e. The second-order valence-electron chi connectivity index (χ2n) is 7.38. The van der Waals surface area contributed by atoms with Crippen molar-refractivity contribution in [2.24, 2.45) is 0 Å². The minimum atomic E-state index is -0.450. The maximum Gasteiger partial charge on any atom is 0.173 e. The number of piperidine rings is 1. The molecule has 1 aromatic carbocycles. The molecule has 1 saturated heterocycles. The zero-order valence-electron chi connectivity index (χ0n) is 16.2. The van der Waals surface area contributed by atoms with Gasteiger partial charge in [-0.2, -0.15) is 0 Å². The molecule has 30 heavy (non-hydrogen) atoms. The highest BCUT2D eigenvalue weighted by Crippen LogP contribution is 2.30. The number of nitrogens with zero attached hydrogens (tertiary/aromatic N) is 4. The lowest BCUT2D eigenvalue weighted by Gasteiger charge is -2.23. The highest BCUT2D eigenvalue weighted by atomic mass is 35.5. The van der Waals surface area contributed by atoms with E-state index in [9.17, 15) is 8.78 Å². The molecule has 1 aliphatic rings. The molecule has 4 heterocycles. The number of halogens is 4. The number of benzene rings is 1. The summed E-state index contributed by atoms with van der Waals surface area (Å²) in [6.07, 6.45) is 5.44. The largest absolute Gasteiger partial charge is 0.317 e. The number of nitrogens with one attached hydrogen (secondary N) is 1. The molecular formula is C21H21Cl2F2N5. The summed E-state index contributed by atoms with van der Waals surface area (Å²) in [6.45, 7) is 3.69. The fraction of sp³-hybridized carbons (Fsp3) is 0.286. The first-order valence-corrected chi connectivity index (χ1v) is 9.41. The summed E-state index contributed by atoms with van der Waals surface area (Å²) < 4.78 is 30.9. The van der Waals surface area contributed by atoms with Crippen molar-refractivity contribution < 1.29 is 8.78 Å². The van der Waals surface area contributed by atoms with Gasteiger partial charge in [-0.15, -0.1) is 35.0 Å².